The highest BCUT2D eigenvalue weighted by atomic mass is 79.9. The van der Waals surface area contributed by atoms with E-state index in [9.17, 15) is 13.6 Å². The lowest BCUT2D eigenvalue weighted by atomic mass is 10.0. The largest absolute Gasteiger partial charge is 0.497 e. The summed E-state index contributed by atoms with van der Waals surface area (Å²) in [6.07, 6.45) is 4.57. The molecule has 1 fully saturated rings. The number of ether oxygens (including phenoxy) is 1. The minimum absolute atomic E-state index is 0.0201. The van der Waals surface area contributed by atoms with Crippen LogP contribution in [0, 0.1) is 11.6 Å². The fourth-order valence-corrected chi connectivity index (χ4v) is 5.24. The first kappa shape index (κ1) is 26.8. The minimum Gasteiger partial charge on any atom is -0.497 e. The fraction of sp³-hybridized carbons (Fsp3) is 0.333. The van der Waals surface area contributed by atoms with Gasteiger partial charge in [-0.1, -0.05) is 19.1 Å². The zero-order chi connectivity index (χ0) is 27.8. The maximum Gasteiger partial charge on any atom is 0.257 e. The Morgan fingerprint density at radius 2 is 1.87 bits per heavy atom. The lowest BCUT2D eigenvalue weighted by Gasteiger charge is -2.32. The molecule has 5 rings (SSSR count). The van der Waals surface area contributed by atoms with Crippen LogP contribution in [0.25, 0.3) is 16.9 Å². The maximum atomic E-state index is 14.2. The van der Waals surface area contributed by atoms with Gasteiger partial charge in [0.1, 0.15) is 17.3 Å². The summed E-state index contributed by atoms with van der Waals surface area (Å²) in [6, 6.07) is 8.66. The first-order chi connectivity index (χ1) is 18.7. The topological polar surface area (TPSA) is 104 Å². The first-order valence-electron chi connectivity index (χ1n) is 12.6. The second-order valence-corrected chi connectivity index (χ2v) is 10.6. The van der Waals surface area contributed by atoms with Gasteiger partial charge in [0.05, 0.1) is 52.7 Å². The van der Waals surface area contributed by atoms with E-state index in [0.29, 0.717) is 31.5 Å². The van der Waals surface area contributed by atoms with Gasteiger partial charge in [-0.3, -0.25) is 4.79 Å². The van der Waals surface area contributed by atoms with Crippen molar-refractivity contribution in [1.82, 2.24) is 29.7 Å². The molecule has 1 aliphatic rings. The Morgan fingerprint density at radius 1 is 1.18 bits per heavy atom. The third-order valence-electron chi connectivity index (χ3n) is 7.01. The number of hydrogen-bond donors (Lipinski definition) is 1. The van der Waals surface area contributed by atoms with Gasteiger partial charge in [0.15, 0.2) is 5.82 Å². The summed E-state index contributed by atoms with van der Waals surface area (Å²) >= 11 is 2.86. The average Bonchev–Trinajstić information content (AvgIpc) is 3.62. The first-order valence-corrected chi connectivity index (χ1v) is 13.4. The van der Waals surface area contributed by atoms with E-state index >= 15 is 0 Å². The van der Waals surface area contributed by atoms with Gasteiger partial charge >= 0.3 is 0 Å². The van der Waals surface area contributed by atoms with Crippen molar-refractivity contribution >= 4 is 27.5 Å². The SMILES string of the molecule is COc1ccc(-n2ncc(C(=O)N3CCC(n4cc(-c5cc(F)c(Br)c(F)c5N)nn4)CC3)c2C(C)C)cc1. The number of nitrogen functional groups attached to an aromatic ring is 1. The van der Waals surface area contributed by atoms with E-state index < -0.39 is 11.6 Å². The summed E-state index contributed by atoms with van der Waals surface area (Å²) in [7, 11) is 1.62. The molecule has 2 aromatic heterocycles. The standard InChI is InChI=1S/C27H28BrF2N7O2/c1-15(2)26-20(13-32-37(26)17-4-6-18(39-3)7-5-17)27(38)35-10-8-16(9-11-35)36-14-22(33-34-36)19-12-21(29)23(28)24(30)25(19)31/h4-7,12-16H,8-11,31H2,1-3H3. The molecule has 2 aromatic carbocycles. The Kier molecular flexibility index (Phi) is 7.39. The van der Waals surface area contributed by atoms with E-state index in [1.54, 1.807) is 28.9 Å². The van der Waals surface area contributed by atoms with Crippen LogP contribution in [0.1, 0.15) is 54.7 Å². The summed E-state index contributed by atoms with van der Waals surface area (Å²) in [4.78, 5) is 15.4. The Morgan fingerprint density at radius 3 is 2.51 bits per heavy atom. The van der Waals surface area contributed by atoms with Crippen molar-refractivity contribution in [3.05, 3.63) is 70.1 Å². The molecule has 1 amide bonds. The molecular weight excluding hydrogens is 572 g/mol. The van der Waals surface area contributed by atoms with Crippen LogP contribution in [0.4, 0.5) is 14.5 Å². The number of carbonyl (C=O) groups excluding carboxylic acids is 1. The summed E-state index contributed by atoms with van der Waals surface area (Å²) in [5.41, 5.74) is 8.36. The van der Waals surface area contributed by atoms with Gasteiger partial charge in [-0.05, 0) is 65.0 Å². The molecule has 2 N–H and O–H groups in total. The van der Waals surface area contributed by atoms with Gasteiger partial charge in [0, 0.05) is 18.7 Å². The summed E-state index contributed by atoms with van der Waals surface area (Å²) in [5.74, 6) is -0.892. The molecule has 0 unspecified atom stereocenters. The predicted molar refractivity (Wildman–Crippen MR) is 146 cm³/mol. The van der Waals surface area contributed by atoms with Gasteiger partial charge in [-0.2, -0.15) is 5.10 Å². The van der Waals surface area contributed by atoms with Crippen molar-refractivity contribution in [3.8, 4) is 22.7 Å². The van der Waals surface area contributed by atoms with Crippen LogP contribution in [0.3, 0.4) is 0 Å². The summed E-state index contributed by atoms with van der Waals surface area (Å²) in [6.45, 7) is 5.12. The lowest BCUT2D eigenvalue weighted by Crippen LogP contribution is -2.39. The van der Waals surface area contributed by atoms with Gasteiger partial charge < -0.3 is 15.4 Å². The Bertz CT molecular complexity index is 1510. The number of nitrogens with two attached hydrogens (primary N) is 1. The molecule has 1 saturated heterocycles. The van der Waals surface area contributed by atoms with Crippen LogP contribution >= 0.6 is 15.9 Å². The normalized spacial score (nSPS) is 14.3. The zero-order valence-corrected chi connectivity index (χ0v) is 23.3. The Hall–Kier alpha value is -3.80. The van der Waals surface area contributed by atoms with Crippen LogP contribution in [0.15, 0.2) is 47.2 Å². The maximum absolute atomic E-state index is 14.2. The van der Waals surface area contributed by atoms with E-state index in [2.05, 4.69) is 31.3 Å². The van der Waals surface area contributed by atoms with Crippen LogP contribution in [-0.4, -0.2) is 55.8 Å². The van der Waals surface area contributed by atoms with Crippen molar-refractivity contribution in [2.24, 2.45) is 0 Å². The number of rotatable bonds is 6. The van der Waals surface area contributed by atoms with Crippen LogP contribution in [-0.2, 0) is 0 Å². The fourth-order valence-electron chi connectivity index (χ4n) is 4.91. The average molecular weight is 600 g/mol. The third-order valence-corrected chi connectivity index (χ3v) is 7.74. The van der Waals surface area contributed by atoms with Gasteiger partial charge in [0.2, 0.25) is 0 Å². The highest BCUT2D eigenvalue weighted by molar-refractivity contribution is 9.10. The number of anilines is 1. The van der Waals surface area contributed by atoms with Crippen LogP contribution in [0.2, 0.25) is 0 Å². The second-order valence-electron chi connectivity index (χ2n) is 9.76. The van der Waals surface area contributed by atoms with E-state index in [1.165, 1.54) is 0 Å². The number of aromatic nitrogens is 5. The van der Waals surface area contributed by atoms with Gasteiger partial charge in [-0.25, -0.2) is 18.1 Å². The van der Waals surface area contributed by atoms with E-state index in [-0.39, 0.29) is 39.3 Å². The van der Waals surface area contributed by atoms with Crippen molar-refractivity contribution in [3.63, 3.8) is 0 Å². The van der Waals surface area contributed by atoms with Gasteiger partial charge in [0.25, 0.3) is 5.91 Å². The number of benzene rings is 2. The second kappa shape index (κ2) is 10.8. The number of piperidine rings is 1. The molecule has 204 valence electrons. The zero-order valence-electron chi connectivity index (χ0n) is 21.7. The number of carbonyl (C=O) groups is 1. The number of methoxy groups -OCH3 is 1. The molecule has 12 heteroatoms. The van der Waals surface area contributed by atoms with Crippen molar-refractivity contribution < 1.29 is 18.3 Å². The molecule has 1 aliphatic heterocycles. The molecule has 39 heavy (non-hydrogen) atoms. The molecule has 0 aliphatic carbocycles. The van der Waals surface area contributed by atoms with E-state index in [1.807, 2.05) is 43.0 Å². The van der Waals surface area contributed by atoms with Crippen LogP contribution < -0.4 is 10.5 Å². The quantitative estimate of drug-likeness (QED) is 0.236. The minimum atomic E-state index is -0.873. The molecule has 0 saturated carbocycles. The van der Waals surface area contributed by atoms with Crippen molar-refractivity contribution in [2.75, 3.05) is 25.9 Å². The molecule has 4 aromatic rings. The summed E-state index contributed by atoms with van der Waals surface area (Å²) in [5, 5.41) is 12.8. The molecule has 0 atom stereocenters. The smallest absolute Gasteiger partial charge is 0.257 e. The van der Waals surface area contributed by atoms with Crippen molar-refractivity contribution in [2.45, 2.75) is 38.6 Å². The molecule has 0 radical (unpaired) electrons. The number of amides is 1. The van der Waals surface area contributed by atoms with E-state index in [4.69, 9.17) is 10.5 Å². The number of hydrogen-bond acceptors (Lipinski definition) is 6. The Balaban J connectivity index is 1.31. The number of likely N-dealkylation sites (tertiary alicyclic amines) is 1. The molecule has 0 bridgehead atoms. The number of halogens is 3. The molecule has 9 nitrogen and oxygen atoms in total. The highest BCUT2D eigenvalue weighted by Gasteiger charge is 2.29. The van der Waals surface area contributed by atoms with E-state index in [0.717, 1.165) is 23.2 Å². The predicted octanol–water partition coefficient (Wildman–Crippen LogP) is 5.36. The summed E-state index contributed by atoms with van der Waals surface area (Å²) < 4.78 is 36.8. The Labute approximate surface area is 232 Å². The van der Waals surface area contributed by atoms with Gasteiger partial charge in [-0.15, -0.1) is 5.10 Å². The van der Waals surface area contributed by atoms with Crippen molar-refractivity contribution in [1.29, 1.82) is 0 Å². The lowest BCUT2D eigenvalue weighted by molar-refractivity contribution is 0.0687. The number of nitrogens with zero attached hydrogens (tertiary/aromatic N) is 6. The molecular formula is C27H28BrF2N7O2. The molecule has 0 spiro atoms. The third kappa shape index (κ3) is 5.00. The highest BCUT2D eigenvalue weighted by Crippen LogP contribution is 2.34. The monoisotopic (exact) mass is 599 g/mol. The van der Waals surface area contributed by atoms with Crippen LogP contribution in [0.5, 0.6) is 5.75 Å². The molecule has 3 heterocycles.